The topological polar surface area (TPSA) is 63.3 Å². The van der Waals surface area contributed by atoms with E-state index in [0.717, 1.165) is 12.8 Å². The zero-order chi connectivity index (χ0) is 10.6. The molecule has 0 aliphatic heterocycles. The molecule has 4 heteroatoms. The zero-order valence-corrected chi connectivity index (χ0v) is 10.2. The minimum absolute atomic E-state index is 0. The number of carbonyl (C=O) groups is 1. The van der Waals surface area contributed by atoms with Crippen LogP contribution in [0.2, 0.25) is 0 Å². The molecule has 0 amide bonds. The average Bonchev–Trinajstić information content (AvgIpc) is 2.19. The predicted octanol–water partition coefficient (Wildman–Crippen LogP) is 2.43. The Labute approximate surface area is 97.8 Å². The highest BCUT2D eigenvalue weighted by atomic mass is 35.5. The van der Waals surface area contributed by atoms with Crippen molar-refractivity contribution in [3.05, 3.63) is 0 Å². The maximum atomic E-state index is 11.3. The van der Waals surface area contributed by atoms with Crippen LogP contribution in [0.15, 0.2) is 0 Å². The molecule has 0 heterocycles. The van der Waals surface area contributed by atoms with Gasteiger partial charge in [-0.2, -0.15) is 0 Å². The summed E-state index contributed by atoms with van der Waals surface area (Å²) in [5.41, 5.74) is 4.91. The van der Waals surface area contributed by atoms with Crippen molar-refractivity contribution in [3.8, 4) is 0 Å². The first kappa shape index (κ1) is 14.7. The molecule has 15 heavy (non-hydrogen) atoms. The van der Waals surface area contributed by atoms with Gasteiger partial charge in [-0.15, -0.1) is 12.4 Å². The van der Waals surface area contributed by atoms with Gasteiger partial charge in [-0.05, 0) is 38.6 Å². The van der Waals surface area contributed by atoms with Crippen LogP contribution < -0.4 is 5.73 Å². The summed E-state index contributed by atoms with van der Waals surface area (Å²) in [6.45, 7) is 2.33. The van der Waals surface area contributed by atoms with Gasteiger partial charge in [-0.1, -0.05) is 19.3 Å². The molecule has 0 aromatic heterocycles. The SMILES string of the molecule is CC(CCN)(C(=O)O)C1CCCCC1.Cl. The van der Waals surface area contributed by atoms with Crippen LogP contribution in [0.4, 0.5) is 0 Å². The van der Waals surface area contributed by atoms with E-state index in [1.807, 2.05) is 6.92 Å². The van der Waals surface area contributed by atoms with Crippen molar-refractivity contribution in [2.24, 2.45) is 17.1 Å². The van der Waals surface area contributed by atoms with Crippen LogP contribution in [0.3, 0.4) is 0 Å². The Morgan fingerprint density at radius 1 is 1.40 bits per heavy atom. The van der Waals surface area contributed by atoms with Crippen molar-refractivity contribution in [1.82, 2.24) is 0 Å². The van der Waals surface area contributed by atoms with E-state index in [0.29, 0.717) is 18.9 Å². The fourth-order valence-electron chi connectivity index (χ4n) is 2.53. The van der Waals surface area contributed by atoms with Crippen molar-refractivity contribution in [2.45, 2.75) is 45.4 Å². The summed E-state index contributed by atoms with van der Waals surface area (Å²) < 4.78 is 0. The Morgan fingerprint density at radius 2 is 1.93 bits per heavy atom. The summed E-state index contributed by atoms with van der Waals surface area (Å²) in [7, 11) is 0. The number of hydrogen-bond donors (Lipinski definition) is 2. The maximum absolute atomic E-state index is 11.3. The molecule has 0 radical (unpaired) electrons. The number of carboxylic acid groups (broad SMARTS) is 1. The summed E-state index contributed by atoms with van der Waals surface area (Å²) >= 11 is 0. The van der Waals surface area contributed by atoms with E-state index in [-0.39, 0.29) is 12.4 Å². The Bertz CT molecular complexity index is 205. The number of rotatable bonds is 4. The molecule has 1 unspecified atom stereocenters. The lowest BCUT2D eigenvalue weighted by atomic mass is 9.68. The van der Waals surface area contributed by atoms with Crippen LogP contribution in [0, 0.1) is 11.3 Å². The van der Waals surface area contributed by atoms with E-state index in [1.165, 1.54) is 19.3 Å². The predicted molar refractivity (Wildman–Crippen MR) is 63.2 cm³/mol. The van der Waals surface area contributed by atoms with Crippen molar-refractivity contribution >= 4 is 18.4 Å². The molecule has 1 rings (SSSR count). The van der Waals surface area contributed by atoms with Crippen molar-refractivity contribution in [1.29, 1.82) is 0 Å². The third-order valence-corrected chi connectivity index (χ3v) is 3.66. The average molecular weight is 236 g/mol. The molecule has 3 nitrogen and oxygen atoms in total. The molecule has 90 valence electrons. The van der Waals surface area contributed by atoms with Crippen LogP contribution in [0.25, 0.3) is 0 Å². The summed E-state index contributed by atoms with van der Waals surface area (Å²) in [4.78, 5) is 11.3. The molecule has 1 aliphatic carbocycles. The first-order chi connectivity index (χ1) is 6.61. The van der Waals surface area contributed by atoms with Gasteiger partial charge < -0.3 is 10.8 Å². The highest BCUT2D eigenvalue weighted by molar-refractivity contribution is 5.85. The van der Waals surface area contributed by atoms with Crippen molar-refractivity contribution in [3.63, 3.8) is 0 Å². The van der Waals surface area contributed by atoms with Gasteiger partial charge in [-0.3, -0.25) is 4.79 Å². The molecule has 0 spiro atoms. The van der Waals surface area contributed by atoms with Crippen molar-refractivity contribution < 1.29 is 9.90 Å². The lowest BCUT2D eigenvalue weighted by Crippen LogP contribution is -2.38. The summed E-state index contributed by atoms with van der Waals surface area (Å²) in [5.74, 6) is -0.341. The Kier molecular flexibility index (Phi) is 6.22. The highest BCUT2D eigenvalue weighted by Crippen LogP contribution is 2.40. The Hall–Kier alpha value is -0.280. The Balaban J connectivity index is 0.00000196. The van der Waals surface area contributed by atoms with Gasteiger partial charge in [0.25, 0.3) is 0 Å². The van der Waals surface area contributed by atoms with E-state index in [1.54, 1.807) is 0 Å². The van der Waals surface area contributed by atoms with Gasteiger partial charge >= 0.3 is 5.97 Å². The van der Waals surface area contributed by atoms with Gasteiger partial charge in [0.1, 0.15) is 0 Å². The lowest BCUT2D eigenvalue weighted by molar-refractivity contribution is -0.152. The smallest absolute Gasteiger partial charge is 0.309 e. The molecule has 0 saturated heterocycles. The van der Waals surface area contributed by atoms with Gasteiger partial charge in [0.05, 0.1) is 5.41 Å². The first-order valence-electron chi connectivity index (χ1n) is 5.54. The van der Waals surface area contributed by atoms with Gasteiger partial charge in [0.2, 0.25) is 0 Å². The molecule has 0 aromatic rings. The number of halogens is 1. The van der Waals surface area contributed by atoms with Gasteiger partial charge in [0.15, 0.2) is 0 Å². The van der Waals surface area contributed by atoms with Gasteiger partial charge in [0, 0.05) is 0 Å². The molecular formula is C11H22ClNO2. The van der Waals surface area contributed by atoms with E-state index in [4.69, 9.17) is 5.73 Å². The quantitative estimate of drug-likeness (QED) is 0.787. The molecule has 1 fully saturated rings. The van der Waals surface area contributed by atoms with Crippen LogP contribution in [0.1, 0.15) is 45.4 Å². The zero-order valence-electron chi connectivity index (χ0n) is 9.37. The minimum Gasteiger partial charge on any atom is -0.481 e. The lowest BCUT2D eigenvalue weighted by Gasteiger charge is -2.36. The van der Waals surface area contributed by atoms with E-state index in [9.17, 15) is 9.90 Å². The minimum atomic E-state index is -0.671. The van der Waals surface area contributed by atoms with E-state index < -0.39 is 11.4 Å². The Morgan fingerprint density at radius 3 is 2.33 bits per heavy atom. The third kappa shape index (κ3) is 3.35. The van der Waals surface area contributed by atoms with Crippen LogP contribution >= 0.6 is 12.4 Å². The molecular weight excluding hydrogens is 214 g/mol. The summed E-state index contributed by atoms with van der Waals surface area (Å²) in [6.07, 6.45) is 6.34. The third-order valence-electron chi connectivity index (χ3n) is 3.66. The second-order valence-electron chi connectivity index (χ2n) is 4.60. The monoisotopic (exact) mass is 235 g/mol. The van der Waals surface area contributed by atoms with Gasteiger partial charge in [-0.25, -0.2) is 0 Å². The molecule has 1 atom stereocenters. The summed E-state index contributed by atoms with van der Waals surface area (Å²) in [6, 6.07) is 0. The number of hydrogen-bond acceptors (Lipinski definition) is 2. The molecule has 1 aliphatic rings. The molecule has 0 aromatic carbocycles. The maximum Gasteiger partial charge on any atom is 0.309 e. The normalized spacial score (nSPS) is 21.5. The first-order valence-corrected chi connectivity index (χ1v) is 5.54. The largest absolute Gasteiger partial charge is 0.481 e. The number of carboxylic acids is 1. The number of nitrogens with two attached hydrogens (primary N) is 1. The highest BCUT2D eigenvalue weighted by Gasteiger charge is 2.40. The standard InChI is InChI=1S/C11H21NO2.ClH/c1-11(7-8-12,10(13)14)9-5-3-2-4-6-9;/h9H,2-8,12H2,1H3,(H,13,14);1H. The molecule has 0 bridgehead atoms. The molecule has 1 saturated carbocycles. The second kappa shape index (κ2) is 6.33. The number of aliphatic carboxylic acids is 1. The van der Waals surface area contributed by atoms with E-state index in [2.05, 4.69) is 0 Å². The van der Waals surface area contributed by atoms with Crippen molar-refractivity contribution in [2.75, 3.05) is 6.54 Å². The summed E-state index contributed by atoms with van der Waals surface area (Å²) in [5, 5.41) is 9.26. The van der Waals surface area contributed by atoms with Crippen LogP contribution in [-0.4, -0.2) is 17.6 Å². The van der Waals surface area contributed by atoms with E-state index >= 15 is 0 Å². The fourth-order valence-corrected chi connectivity index (χ4v) is 2.53. The molecule has 3 N–H and O–H groups in total. The van der Waals surface area contributed by atoms with Crippen LogP contribution in [-0.2, 0) is 4.79 Å². The fraction of sp³-hybridized carbons (Fsp3) is 0.909. The second-order valence-corrected chi connectivity index (χ2v) is 4.60. The van der Waals surface area contributed by atoms with Crippen LogP contribution in [0.5, 0.6) is 0 Å².